The minimum Gasteiger partial charge on any atom is -0.494 e. The first-order valence-corrected chi connectivity index (χ1v) is 16.4. The zero-order valence-corrected chi connectivity index (χ0v) is 29.0. The molecule has 0 atom stereocenters. The van der Waals surface area contributed by atoms with Crippen LogP contribution in [0.3, 0.4) is 0 Å². The van der Waals surface area contributed by atoms with Crippen molar-refractivity contribution >= 4 is 47.3 Å². The highest BCUT2D eigenvalue weighted by molar-refractivity contribution is 6.04. The molecule has 0 radical (unpaired) electrons. The number of nitrogens with one attached hydrogen (secondary N) is 1. The van der Waals surface area contributed by atoms with Crippen LogP contribution in [-0.4, -0.2) is 64.3 Å². The van der Waals surface area contributed by atoms with Crippen molar-refractivity contribution in [1.82, 2.24) is 0 Å². The molecular weight excluding hydrogens is 652 g/mol. The second-order valence-corrected chi connectivity index (χ2v) is 10.9. The van der Waals surface area contributed by atoms with E-state index in [4.69, 9.17) is 23.7 Å². The molecule has 3 aromatic carbocycles. The second-order valence-electron chi connectivity index (χ2n) is 10.9. The number of likely N-dealkylation sites (N-methyl/N-ethyl adjacent to an activating group) is 1. The molecule has 0 saturated carbocycles. The van der Waals surface area contributed by atoms with Gasteiger partial charge in [0.05, 0.1) is 33.5 Å². The van der Waals surface area contributed by atoms with Gasteiger partial charge in [-0.25, -0.2) is 9.59 Å². The van der Waals surface area contributed by atoms with E-state index in [1.54, 1.807) is 55.6 Å². The van der Waals surface area contributed by atoms with Gasteiger partial charge in [0.25, 0.3) is 5.91 Å². The molecule has 0 fully saturated rings. The molecule has 0 aromatic heterocycles. The Morgan fingerprint density at radius 2 is 1.25 bits per heavy atom. The number of benzene rings is 3. The molecule has 11 heteroatoms. The van der Waals surface area contributed by atoms with Crippen LogP contribution in [0.25, 0.3) is 12.2 Å². The summed E-state index contributed by atoms with van der Waals surface area (Å²) in [4.78, 5) is 49.0. The van der Waals surface area contributed by atoms with E-state index in [2.05, 4.69) is 18.5 Å². The molecule has 3 aromatic rings. The highest BCUT2D eigenvalue weighted by Gasteiger charge is 2.09. The van der Waals surface area contributed by atoms with Gasteiger partial charge in [0, 0.05) is 42.7 Å². The molecule has 11 nitrogen and oxygen atoms in total. The number of anilines is 2. The normalized spacial score (nSPS) is 10.7. The summed E-state index contributed by atoms with van der Waals surface area (Å²) in [5, 5.41) is 2.81. The molecular formula is C40H44N2O9. The van der Waals surface area contributed by atoms with Gasteiger partial charge in [-0.3, -0.25) is 9.59 Å². The number of carbonyl (C=O) groups is 4. The fraction of sp³-hybridized carbons (Fsp3) is 0.250. The van der Waals surface area contributed by atoms with Crippen LogP contribution in [0.2, 0.25) is 0 Å². The lowest BCUT2D eigenvalue weighted by molar-refractivity contribution is -0.138. The van der Waals surface area contributed by atoms with Crippen molar-refractivity contribution in [2.75, 3.05) is 50.8 Å². The number of esters is 2. The number of amides is 2. The molecule has 268 valence electrons. The fourth-order valence-electron chi connectivity index (χ4n) is 4.36. The number of hydrogen-bond acceptors (Lipinski definition) is 9. The molecule has 0 aliphatic carbocycles. The molecule has 0 aliphatic heterocycles. The van der Waals surface area contributed by atoms with Crippen molar-refractivity contribution in [2.24, 2.45) is 0 Å². The van der Waals surface area contributed by atoms with Gasteiger partial charge in [0.2, 0.25) is 5.91 Å². The van der Waals surface area contributed by atoms with Gasteiger partial charge < -0.3 is 33.9 Å². The van der Waals surface area contributed by atoms with Crippen LogP contribution >= 0.6 is 0 Å². The molecule has 2 amide bonds. The SMILES string of the molecule is C=CC(=O)OCCCCOc1ccc(C=CC(=O)N(C)c2ccc(NC(=O)C=Cc3ccc(OCCCCOC(=O)C=C)c(OC)c3)cc2)cc1. The molecule has 0 saturated heterocycles. The van der Waals surface area contributed by atoms with Gasteiger partial charge in [0.15, 0.2) is 11.5 Å². The highest BCUT2D eigenvalue weighted by Crippen LogP contribution is 2.29. The third-order valence-electron chi connectivity index (χ3n) is 7.19. The number of methoxy groups -OCH3 is 1. The third kappa shape index (κ3) is 14.5. The quantitative estimate of drug-likeness (QED) is 0.0726. The molecule has 0 unspecified atom stereocenters. The lowest BCUT2D eigenvalue weighted by Crippen LogP contribution is -2.23. The van der Waals surface area contributed by atoms with Crippen molar-refractivity contribution in [3.05, 3.63) is 115 Å². The Morgan fingerprint density at radius 1 is 0.686 bits per heavy atom. The summed E-state index contributed by atoms with van der Waals surface area (Å²) in [5.74, 6) is 0.378. The smallest absolute Gasteiger partial charge is 0.330 e. The third-order valence-corrected chi connectivity index (χ3v) is 7.19. The average molecular weight is 697 g/mol. The number of carbonyl (C=O) groups excluding carboxylic acids is 4. The second kappa shape index (κ2) is 21.8. The van der Waals surface area contributed by atoms with Crippen LogP contribution in [0.5, 0.6) is 17.2 Å². The molecule has 3 rings (SSSR count). The Balaban J connectivity index is 1.42. The Labute approximate surface area is 298 Å². The van der Waals surface area contributed by atoms with Gasteiger partial charge in [-0.05, 0) is 97.5 Å². The summed E-state index contributed by atoms with van der Waals surface area (Å²) in [6.45, 7) is 8.26. The van der Waals surface area contributed by atoms with Crippen LogP contribution in [0.1, 0.15) is 36.8 Å². The molecule has 0 heterocycles. The van der Waals surface area contributed by atoms with Crippen LogP contribution in [0, 0.1) is 0 Å². The van der Waals surface area contributed by atoms with Crippen molar-refractivity contribution in [3.8, 4) is 17.2 Å². The fourth-order valence-corrected chi connectivity index (χ4v) is 4.36. The van der Waals surface area contributed by atoms with Crippen molar-refractivity contribution < 1.29 is 42.9 Å². The van der Waals surface area contributed by atoms with Crippen LogP contribution in [0.4, 0.5) is 11.4 Å². The van der Waals surface area contributed by atoms with Gasteiger partial charge in [0.1, 0.15) is 5.75 Å². The maximum absolute atomic E-state index is 12.8. The average Bonchev–Trinajstić information content (AvgIpc) is 3.16. The van der Waals surface area contributed by atoms with E-state index in [1.165, 1.54) is 24.2 Å². The van der Waals surface area contributed by atoms with Gasteiger partial charge in [-0.2, -0.15) is 0 Å². The van der Waals surface area contributed by atoms with E-state index in [0.717, 1.165) is 29.7 Å². The topological polar surface area (TPSA) is 130 Å². The maximum atomic E-state index is 12.8. The predicted molar refractivity (Wildman–Crippen MR) is 198 cm³/mol. The summed E-state index contributed by atoms with van der Waals surface area (Å²) in [6, 6.07) is 19.7. The molecule has 0 aliphatic rings. The lowest BCUT2D eigenvalue weighted by atomic mass is 10.2. The molecule has 1 N–H and O–H groups in total. The number of nitrogens with zero attached hydrogens (tertiary/aromatic N) is 1. The minimum absolute atomic E-state index is 0.217. The molecule has 51 heavy (non-hydrogen) atoms. The largest absolute Gasteiger partial charge is 0.494 e. The standard InChI is InChI=1S/C40H44N2O9/c1-5-39(45)50-27-9-7-25-48-34-20-11-30(12-21-34)15-24-38(44)42(3)33-18-16-32(17-19-33)41-37(43)23-14-31-13-22-35(36(29-31)47-4)49-26-8-10-28-51-40(46)6-2/h5-6,11-24,29H,1-2,7-10,25-28H2,3-4H3,(H,41,43). The minimum atomic E-state index is -0.447. The van der Waals surface area contributed by atoms with Gasteiger partial charge in [-0.1, -0.05) is 31.4 Å². The lowest BCUT2D eigenvalue weighted by Gasteiger charge is -2.16. The zero-order valence-electron chi connectivity index (χ0n) is 29.0. The van der Waals surface area contributed by atoms with E-state index in [0.29, 0.717) is 74.3 Å². The van der Waals surface area contributed by atoms with Crippen molar-refractivity contribution in [2.45, 2.75) is 25.7 Å². The first-order valence-electron chi connectivity index (χ1n) is 16.4. The summed E-state index contributed by atoms with van der Waals surface area (Å²) < 4.78 is 26.8. The van der Waals surface area contributed by atoms with E-state index < -0.39 is 11.9 Å². The van der Waals surface area contributed by atoms with E-state index in [1.807, 2.05) is 30.3 Å². The van der Waals surface area contributed by atoms with E-state index in [-0.39, 0.29) is 11.8 Å². The Kier molecular flexibility index (Phi) is 16.8. The Bertz CT molecular complexity index is 1680. The van der Waals surface area contributed by atoms with Gasteiger partial charge in [-0.15, -0.1) is 0 Å². The van der Waals surface area contributed by atoms with Crippen molar-refractivity contribution in [3.63, 3.8) is 0 Å². The monoisotopic (exact) mass is 696 g/mol. The first-order chi connectivity index (χ1) is 24.7. The predicted octanol–water partition coefficient (Wildman–Crippen LogP) is 6.80. The van der Waals surface area contributed by atoms with E-state index >= 15 is 0 Å². The number of ether oxygens (including phenoxy) is 5. The summed E-state index contributed by atoms with van der Waals surface area (Å²) in [5.41, 5.74) is 2.82. The van der Waals surface area contributed by atoms with E-state index in [9.17, 15) is 19.2 Å². The summed E-state index contributed by atoms with van der Waals surface area (Å²) in [6.07, 6.45) is 11.3. The van der Waals surface area contributed by atoms with Crippen LogP contribution in [-0.2, 0) is 28.7 Å². The van der Waals surface area contributed by atoms with Gasteiger partial charge >= 0.3 is 11.9 Å². The van der Waals surface area contributed by atoms with Crippen LogP contribution < -0.4 is 24.4 Å². The van der Waals surface area contributed by atoms with Crippen molar-refractivity contribution in [1.29, 1.82) is 0 Å². The number of unbranched alkanes of at least 4 members (excludes halogenated alkanes) is 2. The molecule has 0 spiro atoms. The highest BCUT2D eigenvalue weighted by atomic mass is 16.5. The first kappa shape index (κ1) is 39.3. The number of rotatable bonds is 21. The number of hydrogen-bond donors (Lipinski definition) is 1. The Hall–Kier alpha value is -6.10. The Morgan fingerprint density at radius 3 is 1.86 bits per heavy atom. The molecule has 0 bridgehead atoms. The van der Waals surface area contributed by atoms with Crippen LogP contribution in [0.15, 0.2) is 104 Å². The maximum Gasteiger partial charge on any atom is 0.330 e. The summed E-state index contributed by atoms with van der Waals surface area (Å²) >= 11 is 0. The zero-order chi connectivity index (χ0) is 36.8. The summed E-state index contributed by atoms with van der Waals surface area (Å²) in [7, 11) is 3.21.